The van der Waals surface area contributed by atoms with Crippen molar-refractivity contribution in [3.63, 3.8) is 0 Å². The molecule has 2 heterocycles. The molecule has 3 aromatic rings. The van der Waals surface area contributed by atoms with Gasteiger partial charge in [-0.25, -0.2) is 0 Å². The second-order valence-corrected chi connectivity index (χ2v) is 11.0. The quantitative estimate of drug-likeness (QED) is 0.381. The first-order valence-electron chi connectivity index (χ1n) is 12.7. The molecule has 1 nitrogen and oxygen atoms in total. The molecule has 0 bridgehead atoms. The molecule has 2 heteroatoms. The molecule has 2 aromatic carbocycles. The second kappa shape index (κ2) is 7.44. The van der Waals surface area contributed by atoms with E-state index in [4.69, 9.17) is 0 Å². The largest absolute Gasteiger partial charge is 0.315 e. The van der Waals surface area contributed by atoms with Gasteiger partial charge < -0.3 is 4.90 Å². The summed E-state index contributed by atoms with van der Waals surface area (Å²) in [6, 6.07) is 15.6. The summed E-state index contributed by atoms with van der Waals surface area (Å²) in [5, 5.41) is 4.11. The van der Waals surface area contributed by atoms with Crippen LogP contribution in [0.5, 0.6) is 0 Å². The number of nitrogens with zero attached hydrogens (tertiary/aromatic N) is 1. The molecule has 0 radical (unpaired) electrons. The van der Waals surface area contributed by atoms with Crippen LogP contribution in [0.2, 0.25) is 0 Å². The van der Waals surface area contributed by atoms with Crippen molar-refractivity contribution >= 4 is 45.1 Å². The van der Waals surface area contributed by atoms with Crippen LogP contribution in [0.15, 0.2) is 108 Å². The van der Waals surface area contributed by atoms with E-state index in [2.05, 4.69) is 108 Å². The Hall–Kier alpha value is -3.62. The van der Waals surface area contributed by atoms with E-state index in [0.29, 0.717) is 11.8 Å². The van der Waals surface area contributed by atoms with Crippen molar-refractivity contribution < 1.29 is 0 Å². The first-order chi connectivity index (χ1) is 17.4. The molecule has 2 unspecified atom stereocenters. The molecule has 0 N–H and O–H groups in total. The summed E-state index contributed by atoms with van der Waals surface area (Å²) in [5.74, 6) is 0.706. The maximum atomic E-state index is 2.65. The number of fused-ring (bicyclic) bond motifs is 8. The van der Waals surface area contributed by atoms with Crippen LogP contribution in [0.3, 0.4) is 0 Å². The Morgan fingerprint density at radius 2 is 1.71 bits per heavy atom. The van der Waals surface area contributed by atoms with Gasteiger partial charge in [0.25, 0.3) is 0 Å². The highest BCUT2D eigenvalue weighted by molar-refractivity contribution is 7.10. The third-order valence-electron chi connectivity index (χ3n) is 8.10. The number of rotatable bonds is 1. The van der Waals surface area contributed by atoms with E-state index in [9.17, 15) is 0 Å². The van der Waals surface area contributed by atoms with Crippen molar-refractivity contribution in [2.75, 3.05) is 4.90 Å². The second-order valence-electron chi connectivity index (χ2n) is 9.90. The summed E-state index contributed by atoms with van der Waals surface area (Å²) in [5.41, 5.74) is 8.68. The van der Waals surface area contributed by atoms with Crippen LogP contribution in [0, 0.1) is 11.8 Å². The molecule has 5 aliphatic rings. The topological polar surface area (TPSA) is 3.24 Å². The molecule has 0 spiro atoms. The number of hydrogen-bond donors (Lipinski definition) is 0. The first-order valence-corrected chi connectivity index (χ1v) is 13.5. The highest BCUT2D eigenvalue weighted by Gasteiger charge is 2.44. The molecule has 8 rings (SSSR count). The Balaban J connectivity index is 1.53. The lowest BCUT2D eigenvalue weighted by atomic mass is 9.74. The number of thiophene rings is 1. The van der Waals surface area contributed by atoms with Gasteiger partial charge in [0.15, 0.2) is 0 Å². The van der Waals surface area contributed by atoms with Crippen molar-refractivity contribution in [1.29, 1.82) is 0 Å². The number of benzene rings is 2. The summed E-state index contributed by atoms with van der Waals surface area (Å²) < 4.78 is 1.48. The smallest absolute Gasteiger partial charge is 0.0560 e. The zero-order valence-corrected chi connectivity index (χ0v) is 20.3. The average molecular weight is 468 g/mol. The van der Waals surface area contributed by atoms with Crippen LogP contribution in [0.4, 0.5) is 5.69 Å². The van der Waals surface area contributed by atoms with Gasteiger partial charge in [0.05, 0.1) is 10.2 Å². The molecular weight excluding hydrogens is 442 g/mol. The van der Waals surface area contributed by atoms with Gasteiger partial charge in [-0.1, -0.05) is 97.2 Å². The minimum atomic E-state index is 0.341. The van der Waals surface area contributed by atoms with E-state index in [1.807, 2.05) is 11.3 Å². The zero-order valence-electron chi connectivity index (χ0n) is 19.4. The van der Waals surface area contributed by atoms with E-state index >= 15 is 0 Å². The maximum Gasteiger partial charge on any atom is 0.0560 e. The SMILES string of the molecule is C1=CCC2=C(C=C1)C1C(=c3sc4c(c3=C3C=CC=CC31)C=CCC4)N2c1cccc2ccccc12. The van der Waals surface area contributed by atoms with Crippen LogP contribution in [-0.2, 0) is 6.42 Å². The van der Waals surface area contributed by atoms with Crippen LogP contribution in [0.25, 0.3) is 28.1 Å². The molecule has 2 atom stereocenters. The first kappa shape index (κ1) is 19.7. The highest BCUT2D eigenvalue weighted by Crippen LogP contribution is 2.52. The van der Waals surface area contributed by atoms with Crippen molar-refractivity contribution in [2.24, 2.45) is 11.8 Å². The summed E-state index contributed by atoms with van der Waals surface area (Å²) in [6.07, 6.45) is 26.5. The van der Waals surface area contributed by atoms with Crippen molar-refractivity contribution in [3.8, 4) is 0 Å². The molecular formula is C33H25NS. The van der Waals surface area contributed by atoms with Crippen LogP contribution in [-0.4, -0.2) is 0 Å². The zero-order chi connectivity index (χ0) is 22.9. The molecule has 35 heavy (non-hydrogen) atoms. The van der Waals surface area contributed by atoms with Crippen LogP contribution < -0.4 is 14.7 Å². The van der Waals surface area contributed by atoms with Gasteiger partial charge in [0.2, 0.25) is 0 Å². The number of aryl methyl sites for hydroxylation is 1. The van der Waals surface area contributed by atoms with Gasteiger partial charge in [-0.15, -0.1) is 11.3 Å². The van der Waals surface area contributed by atoms with Crippen LogP contribution >= 0.6 is 11.3 Å². The lowest BCUT2D eigenvalue weighted by Crippen LogP contribution is -2.40. The van der Waals surface area contributed by atoms with E-state index < -0.39 is 0 Å². The summed E-state index contributed by atoms with van der Waals surface area (Å²) in [7, 11) is 0. The summed E-state index contributed by atoms with van der Waals surface area (Å²) >= 11 is 2.05. The van der Waals surface area contributed by atoms with Crippen molar-refractivity contribution in [3.05, 3.63) is 129 Å². The minimum Gasteiger partial charge on any atom is -0.315 e. The lowest BCUT2D eigenvalue weighted by Gasteiger charge is -2.33. The molecule has 4 aliphatic carbocycles. The van der Waals surface area contributed by atoms with E-state index in [1.54, 1.807) is 4.88 Å². The van der Waals surface area contributed by atoms with Gasteiger partial charge in [-0.3, -0.25) is 0 Å². The number of allylic oxidation sites excluding steroid dienone is 9. The summed E-state index contributed by atoms with van der Waals surface area (Å²) in [6.45, 7) is 0. The molecule has 1 aromatic heterocycles. The predicted octanol–water partition coefficient (Wildman–Crippen LogP) is 6.78. The Bertz CT molecular complexity index is 1730. The Labute approximate surface area is 209 Å². The fraction of sp³-hybridized carbons (Fsp3) is 0.152. The summed E-state index contributed by atoms with van der Waals surface area (Å²) in [4.78, 5) is 4.20. The molecule has 168 valence electrons. The van der Waals surface area contributed by atoms with Gasteiger partial charge in [-0.2, -0.15) is 0 Å². The maximum absolute atomic E-state index is 2.65. The van der Waals surface area contributed by atoms with Crippen LogP contribution in [0.1, 0.15) is 23.3 Å². The fourth-order valence-corrected chi connectivity index (χ4v) is 8.08. The van der Waals surface area contributed by atoms with E-state index in [1.165, 1.54) is 54.3 Å². The Morgan fingerprint density at radius 1 is 0.829 bits per heavy atom. The fourth-order valence-electron chi connectivity index (χ4n) is 6.69. The van der Waals surface area contributed by atoms with Crippen molar-refractivity contribution in [2.45, 2.75) is 19.3 Å². The third-order valence-corrected chi connectivity index (χ3v) is 9.39. The van der Waals surface area contributed by atoms with Gasteiger partial charge in [-0.05, 0) is 41.0 Å². The van der Waals surface area contributed by atoms with Crippen molar-refractivity contribution in [1.82, 2.24) is 0 Å². The molecule has 0 saturated carbocycles. The average Bonchev–Trinajstić information content (AvgIpc) is 3.35. The number of anilines is 1. The van der Waals surface area contributed by atoms with Gasteiger partial charge in [0, 0.05) is 45.1 Å². The Kier molecular flexibility index (Phi) is 4.18. The monoisotopic (exact) mass is 467 g/mol. The molecule has 0 amide bonds. The lowest BCUT2D eigenvalue weighted by molar-refractivity contribution is 0.678. The highest BCUT2D eigenvalue weighted by atomic mass is 32.1. The minimum absolute atomic E-state index is 0.341. The normalized spacial score (nSPS) is 23.4. The van der Waals surface area contributed by atoms with Gasteiger partial charge >= 0.3 is 0 Å². The third kappa shape index (κ3) is 2.69. The molecule has 0 saturated heterocycles. The Morgan fingerprint density at radius 3 is 2.71 bits per heavy atom. The number of hydrogen-bond acceptors (Lipinski definition) is 2. The van der Waals surface area contributed by atoms with E-state index in [0.717, 1.165) is 19.3 Å². The standard InChI is InChI=1S/C33H25NS/c1-2-16-25-28(18-3-1)34(27-19-10-12-21-11-4-5-13-22(21)27)32-30(25)23-14-6-7-15-24(23)31-26-17-8-9-20-29(26)35-33(31)32/h1-8,10-17,19,23,30H,9,18,20H2. The van der Waals surface area contributed by atoms with E-state index in [-0.39, 0.29) is 0 Å². The molecule has 1 aliphatic heterocycles. The molecule has 0 fully saturated rings. The predicted molar refractivity (Wildman–Crippen MR) is 149 cm³/mol. The van der Waals surface area contributed by atoms with Gasteiger partial charge in [0.1, 0.15) is 0 Å².